The molecule has 0 aliphatic rings. The third-order valence-corrected chi connectivity index (χ3v) is 4.33. The van der Waals surface area contributed by atoms with Gasteiger partial charge in [0.25, 0.3) is 0 Å². The van der Waals surface area contributed by atoms with Crippen LogP contribution in [0.15, 0.2) is 0 Å². The zero-order chi connectivity index (χ0) is 15.0. The highest BCUT2D eigenvalue weighted by atomic mass is 32.1. The lowest BCUT2D eigenvalue weighted by Crippen LogP contribution is -2.19. The first kappa shape index (κ1) is 17.4. The van der Waals surface area contributed by atoms with Crippen LogP contribution in [-0.2, 0) is 11.3 Å². The van der Waals surface area contributed by atoms with Crippen molar-refractivity contribution >= 4 is 16.5 Å². The Bertz CT molecular complexity index is 379. The molecule has 0 fully saturated rings. The van der Waals surface area contributed by atoms with Crippen LogP contribution in [0.2, 0.25) is 0 Å². The van der Waals surface area contributed by atoms with Gasteiger partial charge in [-0.05, 0) is 25.3 Å². The minimum absolute atomic E-state index is 0.478. The number of anilines is 1. The maximum atomic E-state index is 5.11. The van der Waals surface area contributed by atoms with Crippen molar-refractivity contribution in [2.45, 2.75) is 46.1 Å². The molecule has 1 N–H and O–H groups in total. The van der Waals surface area contributed by atoms with Crippen molar-refractivity contribution in [1.82, 2.24) is 10.3 Å². The monoisotopic (exact) mass is 299 g/mol. The topological polar surface area (TPSA) is 37.4 Å². The van der Waals surface area contributed by atoms with Crippen LogP contribution in [-0.4, -0.2) is 38.8 Å². The summed E-state index contributed by atoms with van der Waals surface area (Å²) in [7, 11) is 3.86. The van der Waals surface area contributed by atoms with Crippen molar-refractivity contribution in [1.29, 1.82) is 0 Å². The van der Waals surface area contributed by atoms with Crippen molar-refractivity contribution in [2.75, 3.05) is 38.8 Å². The average molecular weight is 299 g/mol. The fourth-order valence-electron chi connectivity index (χ4n) is 2.01. The van der Waals surface area contributed by atoms with Crippen molar-refractivity contribution in [3.05, 3.63) is 10.6 Å². The van der Waals surface area contributed by atoms with Crippen LogP contribution in [0.3, 0.4) is 0 Å². The zero-order valence-corrected chi connectivity index (χ0v) is 14.3. The summed E-state index contributed by atoms with van der Waals surface area (Å²) in [6, 6.07) is 0. The number of nitrogens with one attached hydrogen (secondary N) is 1. The Morgan fingerprint density at radius 1 is 1.40 bits per heavy atom. The van der Waals surface area contributed by atoms with Gasteiger partial charge in [0.15, 0.2) is 5.13 Å². The van der Waals surface area contributed by atoms with E-state index in [4.69, 9.17) is 9.72 Å². The average Bonchev–Trinajstić information content (AvgIpc) is 2.84. The Balaban J connectivity index is 2.69. The minimum atomic E-state index is 0.478. The number of nitrogens with zero attached hydrogens (tertiary/aromatic N) is 2. The fraction of sp³-hybridized carbons (Fsp3) is 0.800. The maximum Gasteiger partial charge on any atom is 0.185 e. The van der Waals surface area contributed by atoms with Gasteiger partial charge in [0.05, 0.1) is 5.69 Å². The van der Waals surface area contributed by atoms with Crippen LogP contribution in [0.1, 0.15) is 50.1 Å². The predicted molar refractivity (Wildman–Crippen MR) is 88.0 cm³/mol. The molecule has 1 heterocycles. The van der Waals surface area contributed by atoms with Crippen LogP contribution in [0.25, 0.3) is 0 Å². The lowest BCUT2D eigenvalue weighted by atomic mass is 10.1. The number of aromatic nitrogens is 1. The summed E-state index contributed by atoms with van der Waals surface area (Å²) in [6.07, 6.45) is 2.20. The summed E-state index contributed by atoms with van der Waals surface area (Å²) >= 11 is 1.82. The van der Waals surface area contributed by atoms with E-state index in [1.807, 2.05) is 11.3 Å². The molecule has 20 heavy (non-hydrogen) atoms. The molecule has 1 aromatic heterocycles. The van der Waals surface area contributed by atoms with E-state index in [0.717, 1.165) is 37.8 Å². The van der Waals surface area contributed by atoms with Crippen LogP contribution in [0.4, 0.5) is 5.13 Å². The van der Waals surface area contributed by atoms with E-state index in [2.05, 4.69) is 38.0 Å². The summed E-state index contributed by atoms with van der Waals surface area (Å²) in [5.74, 6) is 0.478. The van der Waals surface area contributed by atoms with Gasteiger partial charge in [0, 0.05) is 38.7 Å². The molecule has 4 nitrogen and oxygen atoms in total. The Labute approximate surface area is 127 Å². The Morgan fingerprint density at radius 3 is 2.75 bits per heavy atom. The van der Waals surface area contributed by atoms with Crippen molar-refractivity contribution in [3.8, 4) is 0 Å². The lowest BCUT2D eigenvalue weighted by molar-refractivity contribution is 0.196. The molecule has 0 atom stereocenters. The molecule has 1 aromatic rings. The first-order chi connectivity index (χ1) is 9.60. The second-order valence-corrected chi connectivity index (χ2v) is 6.47. The Kier molecular flexibility index (Phi) is 8.11. The van der Waals surface area contributed by atoms with Gasteiger partial charge in [0.1, 0.15) is 0 Å². The molecule has 116 valence electrons. The molecule has 0 saturated carbocycles. The normalized spacial score (nSPS) is 11.3. The highest BCUT2D eigenvalue weighted by Gasteiger charge is 2.16. The minimum Gasteiger partial charge on any atom is -0.385 e. The van der Waals surface area contributed by atoms with Gasteiger partial charge in [-0.3, -0.25) is 0 Å². The second kappa shape index (κ2) is 9.32. The molecule has 0 bridgehead atoms. The Hall–Kier alpha value is -0.650. The van der Waals surface area contributed by atoms with E-state index in [9.17, 15) is 0 Å². The molecular weight excluding hydrogens is 270 g/mol. The van der Waals surface area contributed by atoms with E-state index in [-0.39, 0.29) is 0 Å². The highest BCUT2D eigenvalue weighted by Crippen LogP contribution is 2.30. The van der Waals surface area contributed by atoms with Crippen LogP contribution >= 0.6 is 11.3 Å². The predicted octanol–water partition coefficient (Wildman–Crippen LogP) is 3.24. The van der Waals surface area contributed by atoms with Crippen LogP contribution < -0.4 is 10.2 Å². The first-order valence-electron chi connectivity index (χ1n) is 7.50. The van der Waals surface area contributed by atoms with Gasteiger partial charge in [-0.1, -0.05) is 20.8 Å². The van der Waals surface area contributed by atoms with Gasteiger partial charge in [-0.2, -0.15) is 0 Å². The molecule has 0 saturated heterocycles. The Morgan fingerprint density at radius 2 is 2.15 bits per heavy atom. The molecule has 5 heteroatoms. The van der Waals surface area contributed by atoms with Gasteiger partial charge in [-0.15, -0.1) is 11.3 Å². The van der Waals surface area contributed by atoms with E-state index in [1.54, 1.807) is 7.11 Å². The molecule has 0 radical (unpaired) electrons. The molecule has 0 amide bonds. The third-order valence-electron chi connectivity index (χ3n) is 3.14. The second-order valence-electron chi connectivity index (χ2n) is 5.40. The van der Waals surface area contributed by atoms with Crippen molar-refractivity contribution in [3.63, 3.8) is 0 Å². The summed E-state index contributed by atoms with van der Waals surface area (Å²) in [5, 5.41) is 4.61. The molecular formula is C15H29N3OS. The fourth-order valence-corrected chi connectivity index (χ4v) is 3.18. The summed E-state index contributed by atoms with van der Waals surface area (Å²) in [5.41, 5.74) is 1.24. The molecule has 0 spiro atoms. The number of ether oxygens (including phenoxy) is 1. The highest BCUT2D eigenvalue weighted by molar-refractivity contribution is 7.15. The van der Waals surface area contributed by atoms with Gasteiger partial charge < -0.3 is 15.0 Å². The van der Waals surface area contributed by atoms with Gasteiger partial charge >= 0.3 is 0 Å². The molecule has 0 aliphatic heterocycles. The molecule has 0 aliphatic carbocycles. The quantitative estimate of drug-likeness (QED) is 0.673. The van der Waals surface area contributed by atoms with Crippen molar-refractivity contribution in [2.24, 2.45) is 0 Å². The lowest BCUT2D eigenvalue weighted by Gasteiger charge is -2.15. The largest absolute Gasteiger partial charge is 0.385 e. The third kappa shape index (κ3) is 5.38. The van der Waals surface area contributed by atoms with Crippen LogP contribution in [0.5, 0.6) is 0 Å². The molecule has 0 aromatic carbocycles. The summed E-state index contributed by atoms with van der Waals surface area (Å²) < 4.78 is 5.11. The number of hydrogen-bond donors (Lipinski definition) is 1. The first-order valence-corrected chi connectivity index (χ1v) is 8.32. The number of methoxy groups -OCH3 is 1. The smallest absolute Gasteiger partial charge is 0.185 e. The van der Waals surface area contributed by atoms with Gasteiger partial charge in [0.2, 0.25) is 0 Å². The summed E-state index contributed by atoms with van der Waals surface area (Å²) in [4.78, 5) is 8.44. The van der Waals surface area contributed by atoms with Crippen LogP contribution in [0, 0.1) is 0 Å². The van der Waals surface area contributed by atoms with E-state index >= 15 is 0 Å². The number of rotatable bonds is 10. The van der Waals surface area contributed by atoms with E-state index < -0.39 is 0 Å². The van der Waals surface area contributed by atoms with Crippen molar-refractivity contribution < 1.29 is 4.74 Å². The van der Waals surface area contributed by atoms with E-state index in [0.29, 0.717) is 5.92 Å². The standard InChI is InChI=1S/C15H29N3OS/c1-6-8-16-11-13-14(12(2)3)17-15(20-13)18(4)9-7-10-19-5/h12,16H,6-11H2,1-5H3. The van der Waals surface area contributed by atoms with Gasteiger partial charge in [-0.25, -0.2) is 4.98 Å². The zero-order valence-electron chi connectivity index (χ0n) is 13.5. The van der Waals surface area contributed by atoms with E-state index in [1.165, 1.54) is 17.0 Å². The molecule has 1 rings (SSSR count). The maximum absolute atomic E-state index is 5.11. The SMILES string of the molecule is CCCNCc1sc(N(C)CCCOC)nc1C(C)C. The number of thiazole rings is 1. The summed E-state index contributed by atoms with van der Waals surface area (Å²) in [6.45, 7) is 10.4. The molecule has 0 unspecified atom stereocenters. The number of hydrogen-bond acceptors (Lipinski definition) is 5.